The van der Waals surface area contributed by atoms with Crippen LogP contribution in [0.2, 0.25) is 0 Å². The van der Waals surface area contributed by atoms with E-state index in [2.05, 4.69) is 10.9 Å². The molecule has 0 N–H and O–H groups in total. The Morgan fingerprint density at radius 3 is 1.92 bits per heavy atom. The minimum Gasteiger partial charge on any atom is -0.458 e. The first-order valence-corrected chi connectivity index (χ1v) is 8.25. The third kappa shape index (κ3) is 5.61. The van der Waals surface area contributed by atoms with Gasteiger partial charge >= 0.3 is 5.97 Å². The van der Waals surface area contributed by atoms with Gasteiger partial charge in [-0.15, -0.1) is 12.3 Å². The fourth-order valence-corrected chi connectivity index (χ4v) is 2.33. The van der Waals surface area contributed by atoms with Crippen LogP contribution >= 0.6 is 0 Å². The maximum atomic E-state index is 12.5. The van der Waals surface area contributed by atoms with E-state index in [1.54, 1.807) is 0 Å². The lowest BCUT2D eigenvalue weighted by Crippen LogP contribution is -2.31. The van der Waals surface area contributed by atoms with Gasteiger partial charge in [-0.05, 0) is 20.8 Å². The lowest BCUT2D eigenvalue weighted by molar-refractivity contribution is -0.156. The minimum atomic E-state index is -0.736. The van der Waals surface area contributed by atoms with Crippen LogP contribution in [0.25, 0.3) is 0 Å². The van der Waals surface area contributed by atoms with Crippen LogP contribution in [0.4, 0.5) is 0 Å². The summed E-state index contributed by atoms with van der Waals surface area (Å²) in [7, 11) is 0. The number of rotatable bonds is 5. The van der Waals surface area contributed by atoms with Crippen LogP contribution in [-0.4, -0.2) is 23.3 Å². The molecule has 0 aliphatic carbocycles. The van der Waals surface area contributed by atoms with Crippen molar-refractivity contribution in [2.24, 2.45) is 4.99 Å². The molecular formula is C22H23NO2. The first-order chi connectivity index (χ1) is 11.9. The van der Waals surface area contributed by atoms with E-state index in [-0.39, 0.29) is 6.42 Å². The van der Waals surface area contributed by atoms with Crippen LogP contribution in [0, 0.1) is 12.3 Å². The van der Waals surface area contributed by atoms with Gasteiger partial charge in [0, 0.05) is 17.5 Å². The fourth-order valence-electron chi connectivity index (χ4n) is 2.33. The summed E-state index contributed by atoms with van der Waals surface area (Å²) in [6.07, 6.45) is 5.65. The average molecular weight is 333 g/mol. The van der Waals surface area contributed by atoms with E-state index in [1.807, 2.05) is 81.4 Å². The van der Waals surface area contributed by atoms with Crippen molar-refractivity contribution in [2.75, 3.05) is 0 Å². The standard InChI is InChI=1S/C22H23NO2/c1-5-12-19(21(24)25-22(2,3)4)23-20(17-13-8-6-9-14-17)18-15-10-7-11-16-18/h1,6-11,13-16,19H,12H2,2-4H3/t19-/m0/s1. The van der Waals surface area contributed by atoms with E-state index in [4.69, 9.17) is 11.2 Å². The monoisotopic (exact) mass is 333 g/mol. The van der Waals surface area contributed by atoms with Gasteiger partial charge in [0.2, 0.25) is 0 Å². The molecule has 0 amide bonds. The molecule has 0 aliphatic rings. The van der Waals surface area contributed by atoms with E-state index in [1.165, 1.54) is 0 Å². The van der Waals surface area contributed by atoms with Crippen molar-refractivity contribution in [1.82, 2.24) is 0 Å². The molecule has 0 radical (unpaired) electrons. The predicted molar refractivity (Wildman–Crippen MR) is 102 cm³/mol. The Balaban J connectivity index is 2.46. The molecular weight excluding hydrogens is 310 g/mol. The molecule has 0 saturated carbocycles. The normalized spacial score (nSPS) is 11.9. The summed E-state index contributed by atoms with van der Waals surface area (Å²) in [5.41, 5.74) is 2.00. The van der Waals surface area contributed by atoms with Gasteiger partial charge in [-0.1, -0.05) is 60.7 Å². The van der Waals surface area contributed by atoms with Gasteiger partial charge in [-0.25, -0.2) is 4.79 Å². The fraction of sp³-hybridized carbons (Fsp3) is 0.273. The molecule has 0 unspecified atom stereocenters. The minimum absolute atomic E-state index is 0.193. The molecule has 0 fully saturated rings. The highest BCUT2D eigenvalue weighted by Gasteiger charge is 2.25. The van der Waals surface area contributed by atoms with Gasteiger partial charge in [-0.3, -0.25) is 4.99 Å². The molecule has 0 spiro atoms. The summed E-state index contributed by atoms with van der Waals surface area (Å²) < 4.78 is 5.48. The van der Waals surface area contributed by atoms with Crippen molar-refractivity contribution in [3.05, 3.63) is 71.8 Å². The summed E-state index contributed by atoms with van der Waals surface area (Å²) in [5, 5.41) is 0. The highest BCUT2D eigenvalue weighted by atomic mass is 16.6. The second-order valence-corrected chi connectivity index (χ2v) is 6.67. The lowest BCUT2D eigenvalue weighted by Gasteiger charge is -2.22. The zero-order chi connectivity index (χ0) is 18.3. The van der Waals surface area contributed by atoms with Gasteiger partial charge in [0.15, 0.2) is 6.04 Å². The second kappa shape index (κ2) is 8.30. The Labute approximate surface area is 149 Å². The predicted octanol–water partition coefficient (Wildman–Crippen LogP) is 4.26. The number of carbonyl (C=O) groups is 1. The van der Waals surface area contributed by atoms with Gasteiger partial charge < -0.3 is 4.74 Å². The van der Waals surface area contributed by atoms with Crippen LogP contribution in [0.15, 0.2) is 65.7 Å². The number of hydrogen-bond donors (Lipinski definition) is 0. The maximum absolute atomic E-state index is 12.5. The van der Waals surface area contributed by atoms with Gasteiger partial charge in [0.05, 0.1) is 5.71 Å². The molecule has 0 heterocycles. The van der Waals surface area contributed by atoms with Crippen molar-refractivity contribution in [1.29, 1.82) is 0 Å². The Bertz CT molecular complexity index is 724. The zero-order valence-electron chi connectivity index (χ0n) is 14.9. The number of esters is 1. The summed E-state index contributed by atoms with van der Waals surface area (Å²) in [4.78, 5) is 17.2. The second-order valence-electron chi connectivity index (χ2n) is 6.67. The van der Waals surface area contributed by atoms with Crippen LogP contribution in [-0.2, 0) is 9.53 Å². The van der Waals surface area contributed by atoms with E-state index in [9.17, 15) is 4.79 Å². The Morgan fingerprint density at radius 2 is 1.52 bits per heavy atom. The van der Waals surface area contributed by atoms with Crippen molar-refractivity contribution in [2.45, 2.75) is 38.8 Å². The maximum Gasteiger partial charge on any atom is 0.332 e. The van der Waals surface area contributed by atoms with Crippen LogP contribution in [0.3, 0.4) is 0 Å². The van der Waals surface area contributed by atoms with E-state index in [0.29, 0.717) is 0 Å². The summed E-state index contributed by atoms with van der Waals surface area (Å²) in [6.45, 7) is 5.49. The van der Waals surface area contributed by atoms with E-state index < -0.39 is 17.6 Å². The third-order valence-corrected chi connectivity index (χ3v) is 3.37. The Hall–Kier alpha value is -2.86. The van der Waals surface area contributed by atoms with Crippen molar-refractivity contribution >= 4 is 11.7 Å². The Kier molecular flexibility index (Phi) is 6.14. The van der Waals surface area contributed by atoms with Gasteiger partial charge in [0.1, 0.15) is 5.60 Å². The van der Waals surface area contributed by atoms with E-state index >= 15 is 0 Å². The van der Waals surface area contributed by atoms with Crippen LogP contribution in [0.1, 0.15) is 38.3 Å². The number of carbonyl (C=O) groups excluding carboxylic acids is 1. The number of aliphatic imine (C=N–C) groups is 1. The molecule has 2 rings (SSSR count). The molecule has 0 bridgehead atoms. The molecule has 3 heteroatoms. The average Bonchev–Trinajstić information content (AvgIpc) is 2.58. The number of benzene rings is 2. The molecule has 25 heavy (non-hydrogen) atoms. The molecule has 0 saturated heterocycles. The first-order valence-electron chi connectivity index (χ1n) is 8.25. The van der Waals surface area contributed by atoms with Crippen molar-refractivity contribution < 1.29 is 9.53 Å². The smallest absolute Gasteiger partial charge is 0.332 e. The summed E-state index contributed by atoms with van der Waals surface area (Å²) >= 11 is 0. The summed E-state index contributed by atoms with van der Waals surface area (Å²) in [5.74, 6) is 2.13. The quantitative estimate of drug-likeness (QED) is 0.466. The largest absolute Gasteiger partial charge is 0.458 e. The van der Waals surface area contributed by atoms with Crippen molar-refractivity contribution in [3.63, 3.8) is 0 Å². The molecule has 2 aromatic rings. The topological polar surface area (TPSA) is 38.7 Å². The van der Waals surface area contributed by atoms with Crippen LogP contribution < -0.4 is 0 Å². The molecule has 0 aromatic heterocycles. The Morgan fingerprint density at radius 1 is 1.04 bits per heavy atom. The molecule has 3 nitrogen and oxygen atoms in total. The number of nitrogens with zero attached hydrogens (tertiary/aromatic N) is 1. The highest BCUT2D eigenvalue weighted by Crippen LogP contribution is 2.16. The number of hydrogen-bond acceptors (Lipinski definition) is 3. The first kappa shape index (κ1) is 18.5. The van der Waals surface area contributed by atoms with Crippen LogP contribution in [0.5, 0.6) is 0 Å². The molecule has 2 aromatic carbocycles. The van der Waals surface area contributed by atoms with E-state index in [0.717, 1.165) is 16.8 Å². The van der Waals surface area contributed by atoms with Gasteiger partial charge in [-0.2, -0.15) is 0 Å². The van der Waals surface area contributed by atoms with Crippen molar-refractivity contribution in [3.8, 4) is 12.3 Å². The number of ether oxygens (including phenoxy) is 1. The summed E-state index contributed by atoms with van der Waals surface area (Å²) in [6, 6.07) is 18.8. The lowest BCUT2D eigenvalue weighted by atomic mass is 10.0. The zero-order valence-corrected chi connectivity index (χ0v) is 14.9. The molecule has 0 aliphatic heterocycles. The molecule has 1 atom stereocenters. The SMILES string of the molecule is C#CC[C@H](N=C(c1ccccc1)c1ccccc1)C(=O)OC(C)(C)C. The molecule has 128 valence electrons. The number of terminal acetylenes is 1. The van der Waals surface area contributed by atoms with Gasteiger partial charge in [0.25, 0.3) is 0 Å². The third-order valence-electron chi connectivity index (χ3n) is 3.37. The highest BCUT2D eigenvalue weighted by molar-refractivity contribution is 6.13.